The average Bonchev–Trinajstić information content (AvgIpc) is 2.93. The first-order chi connectivity index (χ1) is 10.4. The van der Waals surface area contributed by atoms with E-state index in [0.29, 0.717) is 13.1 Å². The lowest BCUT2D eigenvalue weighted by atomic mass is 9.96. The van der Waals surface area contributed by atoms with E-state index in [2.05, 4.69) is 15.1 Å². The fraction of sp³-hybridized carbons (Fsp3) is 0.500. The predicted molar refractivity (Wildman–Crippen MR) is 82.6 cm³/mol. The van der Waals surface area contributed by atoms with Crippen LogP contribution >= 0.6 is 0 Å². The van der Waals surface area contributed by atoms with Crippen LogP contribution in [0, 0.1) is 0 Å². The molecule has 0 aromatic carbocycles. The van der Waals surface area contributed by atoms with Gasteiger partial charge in [-0.05, 0) is 12.8 Å². The van der Waals surface area contributed by atoms with Crippen LogP contribution in [0.1, 0.15) is 24.5 Å². The van der Waals surface area contributed by atoms with Gasteiger partial charge in [0.15, 0.2) is 0 Å². The summed E-state index contributed by atoms with van der Waals surface area (Å²) in [4.78, 5) is 8.92. The second-order valence-corrected chi connectivity index (χ2v) is 7.67. The van der Waals surface area contributed by atoms with Crippen molar-refractivity contribution in [3.8, 4) is 11.3 Å². The van der Waals surface area contributed by atoms with Crippen LogP contribution in [0.4, 0.5) is 0 Å². The van der Waals surface area contributed by atoms with Gasteiger partial charge in [-0.3, -0.25) is 14.6 Å². The third-order valence-corrected chi connectivity index (χ3v) is 5.21. The van der Waals surface area contributed by atoms with Crippen molar-refractivity contribution >= 4 is 10.0 Å². The number of aryl methyl sites for hydroxylation is 1. The van der Waals surface area contributed by atoms with Crippen LogP contribution in [0.25, 0.3) is 11.3 Å². The van der Waals surface area contributed by atoms with E-state index in [1.54, 1.807) is 23.3 Å². The summed E-state index contributed by atoms with van der Waals surface area (Å²) in [5, 5.41) is 4.12. The Kier molecular flexibility index (Phi) is 3.96. The van der Waals surface area contributed by atoms with E-state index in [0.717, 1.165) is 29.8 Å². The molecule has 1 fully saturated rings. The molecular formula is C14H19N5O2S. The molecule has 0 spiro atoms. The molecule has 0 radical (unpaired) electrons. The van der Waals surface area contributed by atoms with Crippen LogP contribution in [0.5, 0.6) is 0 Å². The van der Waals surface area contributed by atoms with Gasteiger partial charge in [0.2, 0.25) is 10.0 Å². The summed E-state index contributed by atoms with van der Waals surface area (Å²) in [6, 6.07) is 0. The largest absolute Gasteiger partial charge is 0.275 e. The van der Waals surface area contributed by atoms with Gasteiger partial charge in [0, 0.05) is 44.0 Å². The first-order valence-corrected chi connectivity index (χ1v) is 9.04. The zero-order valence-electron chi connectivity index (χ0n) is 12.7. The first kappa shape index (κ1) is 15.1. The highest BCUT2D eigenvalue weighted by Crippen LogP contribution is 2.27. The molecule has 1 saturated heterocycles. The number of piperidine rings is 1. The van der Waals surface area contributed by atoms with Crippen LogP contribution in [-0.4, -0.2) is 51.8 Å². The second-order valence-electron chi connectivity index (χ2n) is 5.69. The van der Waals surface area contributed by atoms with Gasteiger partial charge in [-0.2, -0.15) is 5.10 Å². The molecule has 8 heteroatoms. The van der Waals surface area contributed by atoms with Gasteiger partial charge < -0.3 is 0 Å². The Morgan fingerprint density at radius 3 is 2.64 bits per heavy atom. The van der Waals surface area contributed by atoms with Gasteiger partial charge in [-0.25, -0.2) is 12.7 Å². The fourth-order valence-corrected chi connectivity index (χ4v) is 3.65. The molecular weight excluding hydrogens is 302 g/mol. The minimum Gasteiger partial charge on any atom is -0.275 e. The topological polar surface area (TPSA) is 81.0 Å². The molecule has 0 unspecified atom stereocenters. The molecule has 1 aliphatic rings. The molecule has 0 amide bonds. The number of hydrogen-bond acceptors (Lipinski definition) is 5. The maximum atomic E-state index is 11.7. The average molecular weight is 321 g/mol. The summed E-state index contributed by atoms with van der Waals surface area (Å²) in [6.45, 7) is 1.08. The zero-order chi connectivity index (χ0) is 15.7. The molecule has 3 heterocycles. The third kappa shape index (κ3) is 3.17. The third-order valence-electron chi connectivity index (χ3n) is 3.94. The number of sulfonamides is 1. The van der Waals surface area contributed by atoms with Crippen molar-refractivity contribution in [3.63, 3.8) is 0 Å². The Morgan fingerprint density at radius 1 is 1.23 bits per heavy atom. The SMILES string of the molecule is Cn1cc(-c2cnc([C@@H]3CCCN(S(C)(=O)=O)C3)cn2)cn1. The lowest BCUT2D eigenvalue weighted by Crippen LogP contribution is -2.38. The molecule has 2 aromatic heterocycles. The number of nitrogens with zero attached hydrogens (tertiary/aromatic N) is 5. The predicted octanol–water partition coefficient (Wildman–Crippen LogP) is 1.02. The van der Waals surface area contributed by atoms with Gasteiger partial charge in [0.25, 0.3) is 0 Å². The molecule has 22 heavy (non-hydrogen) atoms. The highest BCUT2D eigenvalue weighted by Gasteiger charge is 2.27. The Morgan fingerprint density at radius 2 is 2.05 bits per heavy atom. The summed E-state index contributed by atoms with van der Waals surface area (Å²) in [5.74, 6) is 0.110. The maximum Gasteiger partial charge on any atom is 0.211 e. The zero-order valence-corrected chi connectivity index (χ0v) is 13.5. The molecule has 118 valence electrons. The summed E-state index contributed by atoms with van der Waals surface area (Å²) >= 11 is 0. The lowest BCUT2D eigenvalue weighted by molar-refractivity contribution is 0.314. The molecule has 0 N–H and O–H groups in total. The van der Waals surface area contributed by atoms with Gasteiger partial charge >= 0.3 is 0 Å². The van der Waals surface area contributed by atoms with Crippen molar-refractivity contribution in [2.45, 2.75) is 18.8 Å². The monoisotopic (exact) mass is 321 g/mol. The maximum absolute atomic E-state index is 11.7. The van der Waals surface area contributed by atoms with E-state index in [-0.39, 0.29) is 5.92 Å². The number of aromatic nitrogens is 4. The van der Waals surface area contributed by atoms with Crippen LogP contribution in [0.15, 0.2) is 24.8 Å². The van der Waals surface area contributed by atoms with Crippen molar-refractivity contribution < 1.29 is 8.42 Å². The van der Waals surface area contributed by atoms with E-state index >= 15 is 0 Å². The molecule has 0 aliphatic carbocycles. The molecule has 0 saturated carbocycles. The van der Waals surface area contributed by atoms with Gasteiger partial charge in [-0.15, -0.1) is 0 Å². The van der Waals surface area contributed by atoms with E-state index in [1.165, 1.54) is 10.6 Å². The molecule has 2 aromatic rings. The van der Waals surface area contributed by atoms with Crippen molar-refractivity contribution in [2.24, 2.45) is 7.05 Å². The highest BCUT2D eigenvalue weighted by atomic mass is 32.2. The summed E-state index contributed by atoms with van der Waals surface area (Å²) < 4.78 is 26.6. The molecule has 3 rings (SSSR count). The lowest BCUT2D eigenvalue weighted by Gasteiger charge is -2.30. The quantitative estimate of drug-likeness (QED) is 0.843. The fourth-order valence-electron chi connectivity index (χ4n) is 2.74. The summed E-state index contributed by atoms with van der Waals surface area (Å²) in [6.07, 6.45) is 10.2. The van der Waals surface area contributed by atoms with Gasteiger partial charge in [0.1, 0.15) is 0 Å². The smallest absolute Gasteiger partial charge is 0.211 e. The summed E-state index contributed by atoms with van der Waals surface area (Å²) in [7, 11) is -1.29. The van der Waals surface area contributed by atoms with Crippen LogP contribution in [0.2, 0.25) is 0 Å². The van der Waals surface area contributed by atoms with Crippen molar-refractivity contribution in [2.75, 3.05) is 19.3 Å². The minimum atomic E-state index is -3.14. The summed E-state index contributed by atoms with van der Waals surface area (Å²) in [5.41, 5.74) is 2.54. The second kappa shape index (κ2) is 5.77. The van der Waals surface area contributed by atoms with Gasteiger partial charge in [-0.1, -0.05) is 0 Å². The first-order valence-electron chi connectivity index (χ1n) is 7.19. The van der Waals surface area contributed by atoms with E-state index in [4.69, 9.17) is 0 Å². The molecule has 7 nitrogen and oxygen atoms in total. The van der Waals surface area contributed by atoms with E-state index in [9.17, 15) is 8.42 Å². The van der Waals surface area contributed by atoms with Crippen molar-refractivity contribution in [1.82, 2.24) is 24.1 Å². The van der Waals surface area contributed by atoms with Gasteiger partial charge in [0.05, 0.1) is 30.0 Å². The Hall–Kier alpha value is -1.80. The normalized spacial score (nSPS) is 20.2. The Balaban J connectivity index is 1.78. The van der Waals surface area contributed by atoms with Crippen LogP contribution < -0.4 is 0 Å². The van der Waals surface area contributed by atoms with Crippen molar-refractivity contribution in [3.05, 3.63) is 30.5 Å². The van der Waals surface area contributed by atoms with Crippen molar-refractivity contribution in [1.29, 1.82) is 0 Å². The molecule has 0 bridgehead atoms. The van der Waals surface area contributed by atoms with E-state index < -0.39 is 10.0 Å². The number of hydrogen-bond donors (Lipinski definition) is 0. The number of rotatable bonds is 3. The standard InChI is InChI=1S/C14H19N5O2S/c1-18-9-12(6-17-18)14-8-15-13(7-16-14)11-4-3-5-19(10-11)22(2,20)21/h6-9,11H,3-5,10H2,1-2H3/t11-/m1/s1. The van der Waals surface area contributed by atoms with Crippen LogP contribution in [-0.2, 0) is 17.1 Å². The Bertz CT molecular complexity index is 754. The Labute approximate surface area is 130 Å². The molecule has 1 aliphatic heterocycles. The minimum absolute atomic E-state index is 0.110. The van der Waals surface area contributed by atoms with E-state index in [1.807, 2.05) is 13.2 Å². The molecule has 1 atom stereocenters. The van der Waals surface area contributed by atoms with Crippen LogP contribution in [0.3, 0.4) is 0 Å². The highest BCUT2D eigenvalue weighted by molar-refractivity contribution is 7.88.